The molecule has 2 nitrogen and oxygen atoms in total. The van der Waals surface area contributed by atoms with Crippen LogP contribution in [-0.2, 0) is 4.79 Å². The number of hydrogen-bond acceptors (Lipinski definition) is 1. The zero-order valence-corrected chi connectivity index (χ0v) is 13.7. The highest BCUT2D eigenvalue weighted by atomic mass is 28.3. The van der Waals surface area contributed by atoms with Gasteiger partial charge in [-0.3, -0.25) is 4.79 Å². The highest BCUT2D eigenvalue weighted by Gasteiger charge is 2.41. The summed E-state index contributed by atoms with van der Waals surface area (Å²) in [7, 11) is -2.59. The summed E-state index contributed by atoms with van der Waals surface area (Å²) in [6, 6.07) is 30.4. The van der Waals surface area contributed by atoms with E-state index in [1.165, 1.54) is 0 Å². The van der Waals surface area contributed by atoms with E-state index >= 15 is 0 Å². The van der Waals surface area contributed by atoms with Gasteiger partial charge in [0.25, 0.3) is 0 Å². The van der Waals surface area contributed by atoms with E-state index in [4.69, 9.17) is 0 Å². The van der Waals surface area contributed by atoms with E-state index in [0.717, 1.165) is 15.6 Å². The third-order valence-corrected chi connectivity index (χ3v) is 9.01. The van der Waals surface area contributed by atoms with Crippen molar-refractivity contribution in [1.29, 1.82) is 0 Å². The first-order valence-electron chi connectivity index (χ1n) is 7.62. The molecule has 0 bridgehead atoms. The summed E-state index contributed by atoms with van der Waals surface area (Å²) in [6.07, 6.45) is 0. The average molecular weight is 318 g/mol. The van der Waals surface area contributed by atoms with Gasteiger partial charge < -0.3 is 5.11 Å². The maximum absolute atomic E-state index is 11.8. The fraction of sp³-hybridized carbons (Fsp3) is 0.0500. The first kappa shape index (κ1) is 15.3. The SMILES string of the molecule is O=C(O)C[Si](c1ccccc1)(c1ccccc1)c1ccccc1. The lowest BCUT2D eigenvalue weighted by Gasteiger charge is -2.32. The number of benzene rings is 3. The fourth-order valence-electron chi connectivity index (χ4n) is 3.20. The summed E-state index contributed by atoms with van der Waals surface area (Å²) in [5.74, 6) is -0.756. The molecule has 3 rings (SSSR count). The van der Waals surface area contributed by atoms with Gasteiger partial charge in [-0.05, 0) is 15.6 Å². The van der Waals surface area contributed by atoms with Crippen molar-refractivity contribution in [3.63, 3.8) is 0 Å². The summed E-state index contributed by atoms with van der Waals surface area (Å²) in [4.78, 5) is 11.8. The summed E-state index contributed by atoms with van der Waals surface area (Å²) in [5.41, 5.74) is 0. The molecule has 0 atom stereocenters. The lowest BCUT2D eigenvalue weighted by Crippen LogP contribution is -2.67. The number of aliphatic carboxylic acids is 1. The van der Waals surface area contributed by atoms with Gasteiger partial charge in [0.2, 0.25) is 0 Å². The molecule has 3 aromatic carbocycles. The number of rotatable bonds is 5. The Balaban J connectivity index is 2.32. The summed E-state index contributed by atoms with van der Waals surface area (Å²) < 4.78 is 0. The predicted molar refractivity (Wildman–Crippen MR) is 96.4 cm³/mol. The van der Waals surface area contributed by atoms with Gasteiger partial charge in [0, 0.05) is 0 Å². The molecule has 0 amide bonds. The molecule has 0 unspecified atom stereocenters. The number of carbonyl (C=O) groups is 1. The summed E-state index contributed by atoms with van der Waals surface area (Å²) in [5, 5.41) is 13.0. The Kier molecular flexibility index (Phi) is 4.39. The summed E-state index contributed by atoms with van der Waals surface area (Å²) in [6.45, 7) is 0. The molecule has 23 heavy (non-hydrogen) atoms. The van der Waals surface area contributed by atoms with Gasteiger partial charge in [0.1, 0.15) is 0 Å². The van der Waals surface area contributed by atoms with Crippen molar-refractivity contribution in [2.24, 2.45) is 0 Å². The van der Waals surface area contributed by atoms with Crippen molar-refractivity contribution in [1.82, 2.24) is 0 Å². The average Bonchev–Trinajstić information content (AvgIpc) is 2.62. The van der Waals surface area contributed by atoms with Gasteiger partial charge in [-0.25, -0.2) is 0 Å². The van der Waals surface area contributed by atoms with Crippen LogP contribution in [0.3, 0.4) is 0 Å². The smallest absolute Gasteiger partial charge is 0.301 e. The lowest BCUT2D eigenvalue weighted by molar-refractivity contribution is -0.134. The predicted octanol–water partition coefficient (Wildman–Crippen LogP) is 2.24. The molecule has 3 aromatic rings. The lowest BCUT2D eigenvalue weighted by atomic mass is 10.3. The molecule has 0 aromatic heterocycles. The minimum atomic E-state index is -2.59. The highest BCUT2D eigenvalue weighted by molar-refractivity contribution is 7.12. The molecule has 0 saturated carbocycles. The van der Waals surface area contributed by atoms with Crippen molar-refractivity contribution >= 4 is 29.6 Å². The highest BCUT2D eigenvalue weighted by Crippen LogP contribution is 2.13. The van der Waals surface area contributed by atoms with Crippen LogP contribution in [0.15, 0.2) is 91.0 Å². The second kappa shape index (κ2) is 6.63. The van der Waals surface area contributed by atoms with Crippen molar-refractivity contribution < 1.29 is 9.90 Å². The van der Waals surface area contributed by atoms with Crippen LogP contribution in [0.4, 0.5) is 0 Å². The standard InChI is InChI=1S/C20H18O2Si/c21-20(22)16-23(17-10-4-1-5-11-17,18-12-6-2-7-13-18)19-14-8-3-9-15-19/h1-15H,16H2,(H,21,22). The van der Waals surface area contributed by atoms with E-state index in [1.54, 1.807) is 0 Å². The van der Waals surface area contributed by atoms with Crippen LogP contribution in [0.25, 0.3) is 0 Å². The molecule has 3 heteroatoms. The van der Waals surface area contributed by atoms with Gasteiger partial charge in [0.15, 0.2) is 8.07 Å². The maximum atomic E-state index is 11.8. The van der Waals surface area contributed by atoms with Gasteiger partial charge in [0.05, 0.1) is 6.04 Å². The van der Waals surface area contributed by atoms with Crippen LogP contribution >= 0.6 is 0 Å². The van der Waals surface area contributed by atoms with Crippen molar-refractivity contribution in [2.75, 3.05) is 0 Å². The van der Waals surface area contributed by atoms with Crippen molar-refractivity contribution in [3.8, 4) is 0 Å². The van der Waals surface area contributed by atoms with Gasteiger partial charge >= 0.3 is 5.97 Å². The fourth-order valence-corrected chi connectivity index (χ4v) is 7.55. The first-order valence-corrected chi connectivity index (χ1v) is 9.82. The van der Waals surface area contributed by atoms with Gasteiger partial charge in [-0.2, -0.15) is 0 Å². The van der Waals surface area contributed by atoms with Crippen molar-refractivity contribution in [3.05, 3.63) is 91.0 Å². The molecule has 0 aliphatic heterocycles. The Bertz CT molecular complexity index is 674. The van der Waals surface area contributed by atoms with Crippen LogP contribution in [-0.4, -0.2) is 19.1 Å². The number of carboxylic acids is 1. The normalized spacial score (nSPS) is 11.1. The molecular formula is C20H18O2Si. The third kappa shape index (κ3) is 2.96. The molecule has 1 N–H and O–H groups in total. The second-order valence-corrected chi connectivity index (χ2v) is 9.47. The zero-order valence-electron chi connectivity index (χ0n) is 12.7. The molecule has 0 saturated heterocycles. The first-order chi connectivity index (χ1) is 11.2. The second-order valence-electron chi connectivity index (χ2n) is 5.57. The van der Waals surface area contributed by atoms with Crippen LogP contribution in [0, 0.1) is 0 Å². The minimum Gasteiger partial charge on any atom is -0.481 e. The van der Waals surface area contributed by atoms with Crippen LogP contribution in [0.5, 0.6) is 0 Å². The molecule has 0 aliphatic carbocycles. The zero-order chi connectivity index (χ0) is 16.1. The van der Waals surface area contributed by atoms with Crippen LogP contribution < -0.4 is 15.6 Å². The van der Waals surface area contributed by atoms with Crippen LogP contribution in [0.1, 0.15) is 0 Å². The quantitative estimate of drug-likeness (QED) is 0.579. The van der Waals surface area contributed by atoms with E-state index < -0.39 is 14.0 Å². The van der Waals surface area contributed by atoms with Crippen LogP contribution in [0.2, 0.25) is 6.04 Å². The number of hydrogen-bond donors (Lipinski definition) is 1. The monoisotopic (exact) mass is 318 g/mol. The topological polar surface area (TPSA) is 37.3 Å². The molecule has 0 radical (unpaired) electrons. The van der Waals surface area contributed by atoms with E-state index in [2.05, 4.69) is 36.4 Å². The molecule has 0 spiro atoms. The van der Waals surface area contributed by atoms with Crippen molar-refractivity contribution in [2.45, 2.75) is 6.04 Å². The Hall–Kier alpha value is -2.65. The molecule has 0 aliphatic rings. The Morgan fingerprint density at radius 1 is 0.652 bits per heavy atom. The molecular weight excluding hydrogens is 300 g/mol. The van der Waals surface area contributed by atoms with E-state index in [9.17, 15) is 9.90 Å². The van der Waals surface area contributed by atoms with Gasteiger partial charge in [-0.1, -0.05) is 91.0 Å². The third-order valence-electron chi connectivity index (χ3n) is 4.22. The number of carboxylic acid groups (broad SMARTS) is 1. The largest absolute Gasteiger partial charge is 0.481 e. The van der Waals surface area contributed by atoms with Gasteiger partial charge in [-0.15, -0.1) is 0 Å². The van der Waals surface area contributed by atoms with E-state index in [1.807, 2.05) is 54.6 Å². The molecule has 114 valence electrons. The summed E-state index contributed by atoms with van der Waals surface area (Å²) >= 11 is 0. The molecule has 0 fully saturated rings. The maximum Gasteiger partial charge on any atom is 0.301 e. The van der Waals surface area contributed by atoms with E-state index in [-0.39, 0.29) is 6.04 Å². The molecule has 0 heterocycles. The minimum absolute atomic E-state index is 0.144. The Morgan fingerprint density at radius 3 is 1.22 bits per heavy atom. The Labute approximate surface area is 137 Å². The van der Waals surface area contributed by atoms with E-state index in [0.29, 0.717) is 0 Å². The Morgan fingerprint density at radius 2 is 0.957 bits per heavy atom.